The highest BCUT2D eigenvalue weighted by atomic mass is 35.5. The monoisotopic (exact) mass is 255 g/mol. The van der Waals surface area contributed by atoms with Crippen molar-refractivity contribution in [2.24, 2.45) is 5.92 Å². The minimum absolute atomic E-state index is 0.590. The molecule has 0 aliphatic heterocycles. The molecule has 0 aromatic rings. The number of hydrogen-bond donors (Lipinski definition) is 0. The molecule has 0 heterocycles. The zero-order chi connectivity index (χ0) is 13.3. The van der Waals surface area contributed by atoms with Crippen molar-refractivity contribution in [2.75, 3.05) is 26.0 Å². The molecule has 0 spiro atoms. The third-order valence-corrected chi connectivity index (χ3v) is 3.35. The Morgan fingerprint density at radius 1 is 1.47 bits per heavy atom. The molecule has 98 valence electrons. The molecule has 0 radical (unpaired) electrons. The van der Waals surface area contributed by atoms with Crippen LogP contribution in [0.5, 0.6) is 0 Å². The fraction of sp³-hybridized carbons (Fsp3) is 0.600. The second-order valence-corrected chi connectivity index (χ2v) is 5.07. The fourth-order valence-electron chi connectivity index (χ4n) is 1.41. The van der Waals surface area contributed by atoms with Gasteiger partial charge in [-0.05, 0) is 50.9 Å². The first-order valence-electron chi connectivity index (χ1n) is 6.23. The van der Waals surface area contributed by atoms with Crippen molar-refractivity contribution in [3.05, 3.63) is 36.0 Å². The molecular weight excluding hydrogens is 230 g/mol. The summed E-state index contributed by atoms with van der Waals surface area (Å²) in [6, 6.07) is 0. The zero-order valence-corrected chi connectivity index (χ0v) is 12.4. The van der Waals surface area contributed by atoms with Gasteiger partial charge in [0.15, 0.2) is 0 Å². The van der Waals surface area contributed by atoms with E-state index >= 15 is 0 Å². The van der Waals surface area contributed by atoms with Crippen molar-refractivity contribution < 1.29 is 0 Å². The second-order valence-electron chi connectivity index (χ2n) is 4.76. The first-order valence-corrected chi connectivity index (χ1v) is 6.77. The van der Waals surface area contributed by atoms with E-state index in [0.29, 0.717) is 5.92 Å². The molecule has 0 aromatic carbocycles. The van der Waals surface area contributed by atoms with Crippen molar-refractivity contribution in [3.8, 4) is 0 Å². The van der Waals surface area contributed by atoms with Crippen LogP contribution in [0.2, 0.25) is 0 Å². The molecule has 1 unspecified atom stereocenters. The Hall–Kier alpha value is -0.530. The zero-order valence-electron chi connectivity index (χ0n) is 11.7. The highest BCUT2D eigenvalue weighted by Crippen LogP contribution is 2.10. The summed E-state index contributed by atoms with van der Waals surface area (Å²) in [7, 11) is 2.13. The lowest BCUT2D eigenvalue weighted by Gasteiger charge is -2.20. The van der Waals surface area contributed by atoms with Gasteiger partial charge in [-0.1, -0.05) is 31.7 Å². The van der Waals surface area contributed by atoms with Crippen LogP contribution in [0.4, 0.5) is 0 Å². The Balaban J connectivity index is 4.03. The predicted molar refractivity (Wildman–Crippen MR) is 79.7 cm³/mol. The van der Waals surface area contributed by atoms with Crippen LogP contribution in [0.25, 0.3) is 0 Å². The molecule has 2 heteroatoms. The van der Waals surface area contributed by atoms with Crippen molar-refractivity contribution in [2.45, 2.75) is 27.2 Å². The van der Waals surface area contributed by atoms with Crippen molar-refractivity contribution in [1.82, 2.24) is 4.90 Å². The molecule has 0 saturated carbocycles. The Bertz CT molecular complexity index is 279. The topological polar surface area (TPSA) is 3.24 Å². The van der Waals surface area contributed by atoms with Crippen molar-refractivity contribution >= 4 is 11.6 Å². The fourth-order valence-corrected chi connectivity index (χ4v) is 1.56. The van der Waals surface area contributed by atoms with Crippen LogP contribution in [-0.2, 0) is 0 Å². The van der Waals surface area contributed by atoms with Crippen LogP contribution < -0.4 is 0 Å². The first-order chi connectivity index (χ1) is 8.01. The maximum atomic E-state index is 5.80. The highest BCUT2D eigenvalue weighted by molar-refractivity contribution is 6.18. The van der Waals surface area contributed by atoms with E-state index in [1.165, 1.54) is 11.1 Å². The van der Waals surface area contributed by atoms with Gasteiger partial charge < -0.3 is 4.90 Å². The van der Waals surface area contributed by atoms with Crippen molar-refractivity contribution in [3.63, 3.8) is 0 Å². The average Bonchev–Trinajstić information content (AvgIpc) is 2.32. The van der Waals surface area contributed by atoms with Crippen LogP contribution in [0.3, 0.4) is 0 Å². The molecule has 17 heavy (non-hydrogen) atoms. The molecule has 0 rings (SSSR count). The van der Waals surface area contributed by atoms with E-state index in [1.54, 1.807) is 0 Å². The number of hydrogen-bond acceptors (Lipinski definition) is 1. The molecule has 0 saturated heterocycles. The highest BCUT2D eigenvalue weighted by Gasteiger charge is 2.05. The van der Waals surface area contributed by atoms with Gasteiger partial charge >= 0.3 is 0 Å². The van der Waals surface area contributed by atoms with Gasteiger partial charge in [-0.15, -0.1) is 11.6 Å². The molecular formula is C15H26ClN. The van der Waals surface area contributed by atoms with Gasteiger partial charge in [-0.3, -0.25) is 0 Å². The van der Waals surface area contributed by atoms with Gasteiger partial charge in [0.2, 0.25) is 0 Å². The lowest BCUT2D eigenvalue weighted by atomic mass is 10.1. The molecule has 0 aliphatic rings. The van der Waals surface area contributed by atoms with Crippen LogP contribution in [-0.4, -0.2) is 30.9 Å². The molecule has 0 N–H and O–H groups in total. The third kappa shape index (κ3) is 8.23. The quantitative estimate of drug-likeness (QED) is 0.463. The smallest absolute Gasteiger partial charge is 0.0249 e. The molecule has 1 atom stereocenters. The SMILES string of the molecule is C=C(CN(C)CCC(C)CCl)C(C)=CC=CC. The van der Waals surface area contributed by atoms with E-state index in [-0.39, 0.29) is 0 Å². The van der Waals surface area contributed by atoms with Gasteiger partial charge in [0.1, 0.15) is 0 Å². The number of halogens is 1. The normalized spacial score (nSPS) is 14.6. The Kier molecular flexibility index (Phi) is 9.20. The lowest BCUT2D eigenvalue weighted by molar-refractivity contribution is 0.335. The summed E-state index contributed by atoms with van der Waals surface area (Å²) in [4.78, 5) is 2.30. The summed E-state index contributed by atoms with van der Waals surface area (Å²) in [5.74, 6) is 1.33. The van der Waals surface area contributed by atoms with E-state index < -0.39 is 0 Å². The third-order valence-electron chi connectivity index (χ3n) is 2.82. The number of alkyl halides is 1. The molecule has 0 fully saturated rings. The van der Waals surface area contributed by atoms with E-state index in [2.05, 4.69) is 44.5 Å². The lowest BCUT2D eigenvalue weighted by Crippen LogP contribution is -2.24. The van der Waals surface area contributed by atoms with E-state index in [9.17, 15) is 0 Å². The number of rotatable bonds is 8. The molecule has 0 bridgehead atoms. The minimum atomic E-state index is 0.590. The van der Waals surface area contributed by atoms with E-state index in [1.807, 2.05) is 13.0 Å². The first kappa shape index (κ1) is 16.5. The molecule has 0 amide bonds. The maximum Gasteiger partial charge on any atom is 0.0249 e. The second kappa shape index (κ2) is 9.49. The van der Waals surface area contributed by atoms with Gasteiger partial charge in [-0.2, -0.15) is 0 Å². The minimum Gasteiger partial charge on any atom is -0.302 e. The molecule has 1 nitrogen and oxygen atoms in total. The summed E-state index contributed by atoms with van der Waals surface area (Å²) in [5.41, 5.74) is 2.43. The Morgan fingerprint density at radius 3 is 2.65 bits per heavy atom. The van der Waals surface area contributed by atoms with Gasteiger partial charge in [-0.25, -0.2) is 0 Å². The van der Waals surface area contributed by atoms with Gasteiger partial charge in [0, 0.05) is 12.4 Å². The molecule has 0 aliphatic carbocycles. The van der Waals surface area contributed by atoms with Crippen LogP contribution in [0.1, 0.15) is 27.2 Å². The van der Waals surface area contributed by atoms with Crippen molar-refractivity contribution in [1.29, 1.82) is 0 Å². The summed E-state index contributed by atoms with van der Waals surface area (Å²) < 4.78 is 0. The Morgan fingerprint density at radius 2 is 2.12 bits per heavy atom. The largest absolute Gasteiger partial charge is 0.302 e. The number of nitrogens with zero attached hydrogens (tertiary/aromatic N) is 1. The van der Waals surface area contributed by atoms with Gasteiger partial charge in [0.25, 0.3) is 0 Å². The predicted octanol–water partition coefficient (Wildman–Crippen LogP) is 4.26. The Labute approximate surface area is 112 Å². The standard InChI is InChI=1S/C15H26ClN/c1-6-7-8-14(3)15(4)12-17(5)10-9-13(2)11-16/h6-8,13H,4,9-12H2,1-3,5H3. The summed E-state index contributed by atoms with van der Waals surface area (Å²) in [6.45, 7) is 12.4. The average molecular weight is 256 g/mol. The van der Waals surface area contributed by atoms with E-state index in [4.69, 9.17) is 11.6 Å². The number of allylic oxidation sites excluding steroid dienone is 3. The van der Waals surface area contributed by atoms with E-state index in [0.717, 1.165) is 25.4 Å². The summed E-state index contributed by atoms with van der Waals surface area (Å²) in [6.07, 6.45) is 7.33. The summed E-state index contributed by atoms with van der Waals surface area (Å²) >= 11 is 5.80. The maximum absolute atomic E-state index is 5.80. The van der Waals surface area contributed by atoms with Crippen LogP contribution in [0.15, 0.2) is 36.0 Å². The van der Waals surface area contributed by atoms with Crippen LogP contribution in [0, 0.1) is 5.92 Å². The summed E-state index contributed by atoms with van der Waals surface area (Å²) in [5, 5.41) is 0. The number of likely N-dealkylation sites (N-methyl/N-ethyl adjacent to an activating group) is 1. The van der Waals surface area contributed by atoms with Gasteiger partial charge in [0.05, 0.1) is 0 Å². The van der Waals surface area contributed by atoms with Crippen LogP contribution >= 0.6 is 11.6 Å². The molecule has 0 aromatic heterocycles.